The number of likely N-dealkylation sites (tertiary alicyclic amines) is 1. The maximum absolute atomic E-state index is 12.0. The van der Waals surface area contributed by atoms with Crippen molar-refractivity contribution in [1.29, 1.82) is 0 Å². The van der Waals surface area contributed by atoms with Crippen molar-refractivity contribution in [3.63, 3.8) is 0 Å². The number of hydrogen-bond acceptors (Lipinski definition) is 3. The Morgan fingerprint density at radius 1 is 1.24 bits per heavy atom. The van der Waals surface area contributed by atoms with Crippen LogP contribution in [0, 0.1) is 5.92 Å². The van der Waals surface area contributed by atoms with Gasteiger partial charge in [0.05, 0.1) is 18.9 Å². The lowest BCUT2D eigenvalue weighted by molar-refractivity contribution is -0.145. The van der Waals surface area contributed by atoms with E-state index in [1.54, 1.807) is 29.2 Å². The van der Waals surface area contributed by atoms with Crippen LogP contribution in [-0.2, 0) is 9.59 Å². The van der Waals surface area contributed by atoms with E-state index in [1.165, 1.54) is 0 Å². The van der Waals surface area contributed by atoms with Gasteiger partial charge in [-0.05, 0) is 37.1 Å². The lowest BCUT2D eigenvalue weighted by atomic mass is 9.97. The van der Waals surface area contributed by atoms with Gasteiger partial charge in [-0.3, -0.25) is 9.59 Å². The van der Waals surface area contributed by atoms with E-state index >= 15 is 0 Å². The summed E-state index contributed by atoms with van der Waals surface area (Å²) in [6.07, 6.45) is 1.35. The summed E-state index contributed by atoms with van der Waals surface area (Å²) in [5.74, 6) is -0.405. The maximum atomic E-state index is 12.0. The van der Waals surface area contributed by atoms with Crippen molar-refractivity contribution < 1.29 is 19.4 Å². The highest BCUT2D eigenvalue weighted by atomic mass is 35.5. The first-order valence-electron chi connectivity index (χ1n) is 6.95. The maximum Gasteiger partial charge on any atom is 0.306 e. The van der Waals surface area contributed by atoms with Crippen LogP contribution in [0.2, 0.25) is 5.02 Å². The van der Waals surface area contributed by atoms with Crippen LogP contribution in [0.4, 0.5) is 0 Å². The van der Waals surface area contributed by atoms with E-state index in [4.69, 9.17) is 21.4 Å². The second-order valence-corrected chi connectivity index (χ2v) is 5.48. The van der Waals surface area contributed by atoms with Gasteiger partial charge in [0, 0.05) is 18.1 Å². The lowest BCUT2D eigenvalue weighted by Gasteiger charge is -2.30. The summed E-state index contributed by atoms with van der Waals surface area (Å²) in [6.45, 7) is 1.33. The molecular formula is C15H18ClNO4. The van der Waals surface area contributed by atoms with Gasteiger partial charge in [-0.2, -0.15) is 0 Å². The average Bonchev–Trinajstić information content (AvgIpc) is 2.49. The van der Waals surface area contributed by atoms with Crippen LogP contribution >= 0.6 is 11.6 Å². The highest BCUT2D eigenvalue weighted by molar-refractivity contribution is 6.30. The van der Waals surface area contributed by atoms with Crippen molar-refractivity contribution >= 4 is 23.5 Å². The summed E-state index contributed by atoms with van der Waals surface area (Å²) in [4.78, 5) is 24.6. The van der Waals surface area contributed by atoms with Crippen molar-refractivity contribution in [3.05, 3.63) is 29.3 Å². The smallest absolute Gasteiger partial charge is 0.306 e. The number of ether oxygens (including phenoxy) is 1. The Labute approximate surface area is 128 Å². The fourth-order valence-electron chi connectivity index (χ4n) is 2.32. The van der Waals surface area contributed by atoms with Gasteiger partial charge >= 0.3 is 5.97 Å². The zero-order valence-electron chi connectivity index (χ0n) is 11.6. The van der Waals surface area contributed by atoms with E-state index < -0.39 is 5.97 Å². The lowest BCUT2D eigenvalue weighted by Crippen LogP contribution is -2.40. The molecule has 114 valence electrons. The van der Waals surface area contributed by atoms with Crippen molar-refractivity contribution in [3.8, 4) is 5.75 Å². The van der Waals surface area contributed by atoms with Crippen LogP contribution in [0.3, 0.4) is 0 Å². The van der Waals surface area contributed by atoms with Crippen molar-refractivity contribution in [1.82, 2.24) is 4.90 Å². The number of amides is 1. The van der Waals surface area contributed by atoms with E-state index in [0.29, 0.717) is 49.7 Å². The molecule has 1 aliphatic heterocycles. The Morgan fingerprint density at radius 2 is 1.86 bits per heavy atom. The minimum Gasteiger partial charge on any atom is -0.493 e. The molecular weight excluding hydrogens is 294 g/mol. The standard InChI is InChI=1S/C15H18ClNO4/c16-12-1-3-13(4-2-12)21-10-7-14(18)17-8-5-11(6-9-17)15(19)20/h1-4,11H,5-10H2,(H,19,20). The predicted molar refractivity (Wildman–Crippen MR) is 78.5 cm³/mol. The molecule has 1 aliphatic rings. The van der Waals surface area contributed by atoms with Crippen molar-refractivity contribution in [2.75, 3.05) is 19.7 Å². The normalized spacial score (nSPS) is 15.8. The molecule has 0 atom stereocenters. The quantitative estimate of drug-likeness (QED) is 0.907. The summed E-state index contributed by atoms with van der Waals surface area (Å²) < 4.78 is 5.48. The van der Waals surface area contributed by atoms with Gasteiger partial charge in [-0.25, -0.2) is 0 Å². The summed E-state index contributed by atoms with van der Waals surface area (Å²) in [7, 11) is 0. The highest BCUT2D eigenvalue weighted by Crippen LogP contribution is 2.18. The van der Waals surface area contributed by atoms with Gasteiger partial charge in [0.15, 0.2) is 0 Å². The molecule has 1 saturated heterocycles. The second kappa shape index (κ2) is 7.31. The fourth-order valence-corrected chi connectivity index (χ4v) is 2.45. The van der Waals surface area contributed by atoms with Crippen molar-refractivity contribution in [2.45, 2.75) is 19.3 Å². The van der Waals surface area contributed by atoms with Crippen LogP contribution in [0.15, 0.2) is 24.3 Å². The molecule has 21 heavy (non-hydrogen) atoms. The van der Waals surface area contributed by atoms with Gasteiger partial charge in [0.25, 0.3) is 0 Å². The molecule has 1 aromatic rings. The third-order valence-corrected chi connectivity index (χ3v) is 3.85. The Hall–Kier alpha value is -1.75. The molecule has 0 saturated carbocycles. The van der Waals surface area contributed by atoms with E-state index in [9.17, 15) is 9.59 Å². The first-order valence-corrected chi connectivity index (χ1v) is 7.33. The van der Waals surface area contributed by atoms with Gasteiger partial charge in [0.2, 0.25) is 5.91 Å². The number of carboxylic acids is 1. The first-order chi connectivity index (χ1) is 10.1. The molecule has 1 heterocycles. The number of aliphatic carboxylic acids is 1. The molecule has 0 aliphatic carbocycles. The number of carbonyl (C=O) groups is 2. The fraction of sp³-hybridized carbons (Fsp3) is 0.467. The molecule has 6 heteroatoms. The van der Waals surface area contributed by atoms with Crippen LogP contribution in [0.1, 0.15) is 19.3 Å². The summed E-state index contributed by atoms with van der Waals surface area (Å²) >= 11 is 5.77. The Balaban J connectivity index is 1.70. The molecule has 1 amide bonds. The summed E-state index contributed by atoms with van der Waals surface area (Å²) in [5, 5.41) is 9.56. The number of carboxylic acid groups (broad SMARTS) is 1. The third kappa shape index (κ3) is 4.63. The second-order valence-electron chi connectivity index (χ2n) is 5.05. The molecule has 0 radical (unpaired) electrons. The van der Waals surface area contributed by atoms with Crippen LogP contribution in [0.5, 0.6) is 5.75 Å². The number of carbonyl (C=O) groups excluding carboxylic acids is 1. The monoisotopic (exact) mass is 311 g/mol. The molecule has 0 spiro atoms. The van der Waals surface area contributed by atoms with Gasteiger partial charge in [0.1, 0.15) is 5.75 Å². The molecule has 2 rings (SSSR count). The SMILES string of the molecule is O=C(O)C1CCN(C(=O)CCOc2ccc(Cl)cc2)CC1. The van der Waals surface area contributed by atoms with Gasteiger partial charge in [-0.15, -0.1) is 0 Å². The molecule has 0 unspecified atom stereocenters. The average molecular weight is 312 g/mol. The minimum atomic E-state index is -0.770. The molecule has 0 bridgehead atoms. The van der Waals surface area contributed by atoms with Gasteiger partial charge < -0.3 is 14.7 Å². The highest BCUT2D eigenvalue weighted by Gasteiger charge is 2.26. The number of piperidine rings is 1. The van der Waals surface area contributed by atoms with Gasteiger partial charge in [-0.1, -0.05) is 11.6 Å². The Kier molecular flexibility index (Phi) is 5.44. The Bertz CT molecular complexity index is 495. The zero-order valence-corrected chi connectivity index (χ0v) is 12.4. The predicted octanol–water partition coefficient (Wildman–Crippen LogP) is 2.43. The zero-order chi connectivity index (χ0) is 15.2. The molecule has 0 aromatic heterocycles. The molecule has 1 N–H and O–H groups in total. The number of benzene rings is 1. The summed E-state index contributed by atoms with van der Waals surface area (Å²) in [5.41, 5.74) is 0. The minimum absolute atomic E-state index is 0.00722. The first kappa shape index (κ1) is 15.6. The molecule has 5 nitrogen and oxygen atoms in total. The number of halogens is 1. The van der Waals surface area contributed by atoms with Crippen LogP contribution in [-0.4, -0.2) is 41.6 Å². The van der Waals surface area contributed by atoms with E-state index in [1.807, 2.05) is 0 Å². The molecule has 1 aromatic carbocycles. The largest absolute Gasteiger partial charge is 0.493 e. The number of rotatable bonds is 5. The topological polar surface area (TPSA) is 66.8 Å². The van der Waals surface area contributed by atoms with E-state index in [0.717, 1.165) is 0 Å². The van der Waals surface area contributed by atoms with Crippen LogP contribution in [0.25, 0.3) is 0 Å². The Morgan fingerprint density at radius 3 is 2.43 bits per heavy atom. The van der Waals surface area contributed by atoms with Crippen LogP contribution < -0.4 is 4.74 Å². The summed E-state index contributed by atoms with van der Waals surface area (Å²) in [6, 6.07) is 6.97. The molecule has 1 fully saturated rings. The number of nitrogens with zero attached hydrogens (tertiary/aromatic N) is 1. The van der Waals surface area contributed by atoms with E-state index in [-0.39, 0.29) is 11.8 Å². The van der Waals surface area contributed by atoms with E-state index in [2.05, 4.69) is 0 Å². The number of hydrogen-bond donors (Lipinski definition) is 1. The van der Waals surface area contributed by atoms with Crippen molar-refractivity contribution in [2.24, 2.45) is 5.92 Å². The third-order valence-electron chi connectivity index (χ3n) is 3.60.